The Morgan fingerprint density at radius 3 is 2.33 bits per heavy atom. The van der Waals surface area contributed by atoms with Crippen LogP contribution in [0.3, 0.4) is 0 Å². The Labute approximate surface area is 110 Å². The molecule has 0 saturated heterocycles. The first-order chi connectivity index (χ1) is 8.38. The number of sulfonamides is 1. The highest BCUT2D eigenvalue weighted by Crippen LogP contribution is 2.21. The monoisotopic (exact) mass is 270 g/mol. The lowest BCUT2D eigenvalue weighted by molar-refractivity contribution is 0.439. The minimum absolute atomic E-state index is 0.295. The van der Waals surface area contributed by atoms with E-state index in [1.165, 1.54) is 7.05 Å². The quantitative estimate of drug-likeness (QED) is 0.834. The van der Waals surface area contributed by atoms with E-state index in [0.717, 1.165) is 6.54 Å². The first-order valence-corrected chi connectivity index (χ1v) is 7.63. The van der Waals surface area contributed by atoms with Crippen molar-refractivity contribution in [3.63, 3.8) is 0 Å². The minimum atomic E-state index is -3.41. The summed E-state index contributed by atoms with van der Waals surface area (Å²) in [5.74, 6) is 1.04. The molecule has 1 unspecified atom stereocenters. The fraction of sp³-hybridized carbons (Fsp3) is 0.538. The second-order valence-corrected chi connectivity index (χ2v) is 6.66. The predicted molar refractivity (Wildman–Crippen MR) is 75.2 cm³/mol. The molecule has 0 heterocycles. The predicted octanol–water partition coefficient (Wildman–Crippen LogP) is 2.30. The summed E-state index contributed by atoms with van der Waals surface area (Å²) in [5, 5.41) is 3.22. The van der Waals surface area contributed by atoms with Crippen LogP contribution >= 0.6 is 0 Å². The van der Waals surface area contributed by atoms with Crippen LogP contribution in [0, 0.1) is 11.8 Å². The maximum Gasteiger partial charge on any atom is 0.242 e. The van der Waals surface area contributed by atoms with Crippen molar-refractivity contribution in [1.29, 1.82) is 0 Å². The molecular weight excluding hydrogens is 248 g/mol. The van der Waals surface area contributed by atoms with Crippen LogP contribution in [0.15, 0.2) is 29.2 Å². The van der Waals surface area contributed by atoms with Crippen molar-refractivity contribution in [2.75, 3.05) is 18.9 Å². The molecule has 1 aromatic rings. The summed E-state index contributed by atoms with van der Waals surface area (Å²) >= 11 is 0. The van der Waals surface area contributed by atoms with Gasteiger partial charge in [-0.05, 0) is 31.0 Å². The molecule has 18 heavy (non-hydrogen) atoms. The smallest absolute Gasteiger partial charge is 0.242 e. The van der Waals surface area contributed by atoms with Gasteiger partial charge in [0.05, 0.1) is 5.69 Å². The van der Waals surface area contributed by atoms with Crippen molar-refractivity contribution in [2.24, 2.45) is 11.8 Å². The van der Waals surface area contributed by atoms with Crippen molar-refractivity contribution in [1.82, 2.24) is 4.72 Å². The van der Waals surface area contributed by atoms with Gasteiger partial charge in [-0.3, -0.25) is 0 Å². The zero-order valence-electron chi connectivity index (χ0n) is 11.4. The molecule has 0 bridgehead atoms. The average Bonchev–Trinajstić information content (AvgIpc) is 2.36. The lowest BCUT2D eigenvalue weighted by Crippen LogP contribution is -2.22. The zero-order valence-corrected chi connectivity index (χ0v) is 12.2. The van der Waals surface area contributed by atoms with Gasteiger partial charge in [-0.25, -0.2) is 13.1 Å². The molecule has 5 heteroatoms. The van der Waals surface area contributed by atoms with Crippen molar-refractivity contribution in [2.45, 2.75) is 25.7 Å². The Bertz CT molecular complexity index is 484. The molecule has 0 spiro atoms. The molecular formula is C13H22N2O2S. The van der Waals surface area contributed by atoms with E-state index < -0.39 is 10.0 Å². The van der Waals surface area contributed by atoms with Gasteiger partial charge in [0.15, 0.2) is 0 Å². The van der Waals surface area contributed by atoms with Gasteiger partial charge in [0.25, 0.3) is 0 Å². The number of hydrogen-bond donors (Lipinski definition) is 2. The van der Waals surface area contributed by atoms with Crippen molar-refractivity contribution >= 4 is 15.7 Å². The topological polar surface area (TPSA) is 58.2 Å². The molecule has 0 aliphatic carbocycles. The molecule has 1 aromatic carbocycles. The third-order valence-corrected chi connectivity index (χ3v) is 4.67. The van der Waals surface area contributed by atoms with Gasteiger partial charge in [-0.15, -0.1) is 0 Å². The Kier molecular flexibility index (Phi) is 5.16. The van der Waals surface area contributed by atoms with Gasteiger partial charge in [-0.2, -0.15) is 0 Å². The lowest BCUT2D eigenvalue weighted by atomic mass is 9.98. The second-order valence-electron chi connectivity index (χ2n) is 4.81. The number of anilines is 1. The number of benzene rings is 1. The average molecular weight is 270 g/mol. The maximum absolute atomic E-state index is 11.8. The van der Waals surface area contributed by atoms with Crippen molar-refractivity contribution in [3.8, 4) is 0 Å². The molecule has 1 rings (SSSR count). The van der Waals surface area contributed by atoms with Crippen LogP contribution in [0.5, 0.6) is 0 Å². The van der Waals surface area contributed by atoms with Gasteiger partial charge in [-0.1, -0.05) is 32.9 Å². The van der Waals surface area contributed by atoms with Crippen molar-refractivity contribution in [3.05, 3.63) is 24.3 Å². The van der Waals surface area contributed by atoms with Gasteiger partial charge in [0.1, 0.15) is 4.90 Å². The fourth-order valence-electron chi connectivity index (χ4n) is 1.46. The summed E-state index contributed by atoms with van der Waals surface area (Å²) in [6.45, 7) is 7.21. The number of para-hydroxylation sites is 1. The molecule has 0 aliphatic heterocycles. The summed E-state index contributed by atoms with van der Waals surface area (Å²) < 4.78 is 26.0. The van der Waals surface area contributed by atoms with Crippen molar-refractivity contribution < 1.29 is 8.42 Å². The zero-order chi connectivity index (χ0) is 13.8. The van der Waals surface area contributed by atoms with E-state index in [9.17, 15) is 8.42 Å². The molecule has 0 fully saturated rings. The van der Waals surface area contributed by atoms with Crippen LogP contribution in [0.2, 0.25) is 0 Å². The molecule has 1 atom stereocenters. The molecule has 0 amide bonds. The van der Waals surface area contributed by atoms with E-state index in [4.69, 9.17) is 0 Å². The van der Waals surface area contributed by atoms with E-state index in [-0.39, 0.29) is 0 Å². The summed E-state index contributed by atoms with van der Waals surface area (Å²) in [4.78, 5) is 0.295. The summed E-state index contributed by atoms with van der Waals surface area (Å²) in [7, 11) is -1.99. The fourth-order valence-corrected chi connectivity index (χ4v) is 2.37. The van der Waals surface area contributed by atoms with Crippen LogP contribution in [0.1, 0.15) is 20.8 Å². The summed E-state index contributed by atoms with van der Waals surface area (Å²) in [6, 6.07) is 6.95. The second kappa shape index (κ2) is 6.20. The van der Waals surface area contributed by atoms with Crippen LogP contribution in [0.4, 0.5) is 5.69 Å². The lowest BCUT2D eigenvalue weighted by Gasteiger charge is -2.18. The Morgan fingerprint density at radius 1 is 1.17 bits per heavy atom. The molecule has 0 saturated carbocycles. The Hall–Kier alpha value is -1.07. The normalized spacial score (nSPS) is 13.6. The van der Waals surface area contributed by atoms with E-state index >= 15 is 0 Å². The summed E-state index contributed by atoms with van der Waals surface area (Å²) in [6.07, 6.45) is 0. The highest BCUT2D eigenvalue weighted by molar-refractivity contribution is 7.89. The minimum Gasteiger partial charge on any atom is -0.384 e. The molecule has 0 aliphatic rings. The van der Waals surface area contributed by atoms with Gasteiger partial charge < -0.3 is 5.32 Å². The number of hydrogen-bond acceptors (Lipinski definition) is 3. The highest BCUT2D eigenvalue weighted by Gasteiger charge is 2.16. The first kappa shape index (κ1) is 15.0. The van der Waals surface area contributed by atoms with E-state index in [2.05, 4.69) is 30.8 Å². The van der Waals surface area contributed by atoms with Crippen LogP contribution in [0.25, 0.3) is 0 Å². The Balaban J connectivity index is 2.91. The maximum atomic E-state index is 11.8. The molecule has 0 aromatic heterocycles. The highest BCUT2D eigenvalue weighted by atomic mass is 32.2. The number of nitrogens with one attached hydrogen (secondary N) is 2. The van der Waals surface area contributed by atoms with E-state index in [1.54, 1.807) is 18.2 Å². The molecule has 102 valence electrons. The molecule has 2 N–H and O–H groups in total. The standard InChI is InChI=1S/C13H22N2O2S/c1-10(2)11(3)9-15-12-7-5-6-8-13(12)18(16,17)14-4/h5-8,10-11,14-15H,9H2,1-4H3. The van der Waals surface area contributed by atoms with Gasteiger partial charge >= 0.3 is 0 Å². The third-order valence-electron chi connectivity index (χ3n) is 3.20. The van der Waals surface area contributed by atoms with E-state index in [1.807, 2.05) is 6.07 Å². The first-order valence-electron chi connectivity index (χ1n) is 6.15. The van der Waals surface area contributed by atoms with E-state index in [0.29, 0.717) is 22.4 Å². The van der Waals surface area contributed by atoms with Crippen LogP contribution in [-0.2, 0) is 10.0 Å². The number of rotatable bonds is 6. The largest absolute Gasteiger partial charge is 0.384 e. The molecule has 4 nitrogen and oxygen atoms in total. The van der Waals surface area contributed by atoms with Gasteiger partial charge in [0.2, 0.25) is 10.0 Å². The SMILES string of the molecule is CNS(=O)(=O)c1ccccc1NCC(C)C(C)C. The molecule has 0 radical (unpaired) electrons. The Morgan fingerprint density at radius 2 is 1.78 bits per heavy atom. The third kappa shape index (κ3) is 3.71. The van der Waals surface area contributed by atoms with Gasteiger partial charge in [0, 0.05) is 6.54 Å². The van der Waals surface area contributed by atoms with Crippen LogP contribution < -0.4 is 10.0 Å². The summed E-state index contributed by atoms with van der Waals surface area (Å²) in [5.41, 5.74) is 0.652. The van der Waals surface area contributed by atoms with Crippen LogP contribution in [-0.4, -0.2) is 22.0 Å².